The molecule has 2 heterocycles. The third-order valence-electron chi connectivity index (χ3n) is 3.68. The second-order valence-electron chi connectivity index (χ2n) is 4.96. The van der Waals surface area contributed by atoms with E-state index in [-0.39, 0.29) is 23.0 Å². The van der Waals surface area contributed by atoms with Crippen LogP contribution in [0, 0.1) is 11.6 Å². The molecule has 1 saturated heterocycles. The van der Waals surface area contributed by atoms with E-state index in [1.807, 2.05) is 17.5 Å². The Bertz CT molecular complexity index is 616. The lowest BCUT2D eigenvalue weighted by Crippen LogP contribution is -2.45. The lowest BCUT2D eigenvalue weighted by Gasteiger charge is -2.35. The Morgan fingerprint density at radius 1 is 1.18 bits per heavy atom. The summed E-state index contributed by atoms with van der Waals surface area (Å²) in [6.07, 6.45) is 0. The van der Waals surface area contributed by atoms with E-state index in [4.69, 9.17) is 11.6 Å². The monoisotopic (exact) mass is 364 g/mol. The van der Waals surface area contributed by atoms with Crippen LogP contribution in [0.2, 0.25) is 5.02 Å². The standard InChI is InChI=1S/C15H15ClF2N2S.ClH/c16-10-3-4-11(17)13(14(10)18)15(12-2-1-9-21-12)20-7-5-19-6-8-20;/h1-4,9,15,19H,5-8H2;1H/t15-;/m1./s1. The molecule has 0 unspecified atom stereocenters. The normalized spacial score (nSPS) is 17.0. The maximum atomic E-state index is 14.4. The molecule has 3 rings (SSSR count). The first-order valence-electron chi connectivity index (χ1n) is 6.80. The van der Waals surface area contributed by atoms with Gasteiger partial charge in [0.1, 0.15) is 11.6 Å². The van der Waals surface area contributed by atoms with Crippen molar-refractivity contribution in [3.8, 4) is 0 Å². The van der Waals surface area contributed by atoms with Crippen molar-refractivity contribution in [1.82, 2.24) is 10.2 Å². The number of rotatable bonds is 3. The van der Waals surface area contributed by atoms with E-state index in [0.717, 1.165) is 31.1 Å². The van der Waals surface area contributed by atoms with Crippen molar-refractivity contribution in [2.75, 3.05) is 26.2 Å². The Labute approximate surface area is 143 Å². The maximum Gasteiger partial charge on any atom is 0.149 e. The lowest BCUT2D eigenvalue weighted by atomic mass is 10.0. The SMILES string of the molecule is Cl.Fc1ccc(Cl)c(F)c1[C@@H](c1cccs1)N1CCNCC1. The predicted octanol–water partition coefficient (Wildman–Crippen LogP) is 4.10. The van der Waals surface area contributed by atoms with Crippen LogP contribution in [0.1, 0.15) is 16.5 Å². The minimum atomic E-state index is -0.659. The average Bonchev–Trinajstić information content (AvgIpc) is 3.02. The molecule has 1 N–H and O–H groups in total. The largest absolute Gasteiger partial charge is 0.314 e. The van der Waals surface area contributed by atoms with Gasteiger partial charge in [0.05, 0.1) is 11.1 Å². The van der Waals surface area contributed by atoms with Gasteiger partial charge in [0.25, 0.3) is 0 Å². The van der Waals surface area contributed by atoms with Crippen LogP contribution in [0.3, 0.4) is 0 Å². The molecule has 120 valence electrons. The molecule has 0 amide bonds. The Balaban J connectivity index is 0.00000176. The summed E-state index contributed by atoms with van der Waals surface area (Å²) >= 11 is 7.37. The molecule has 1 atom stereocenters. The van der Waals surface area contributed by atoms with Gasteiger partial charge >= 0.3 is 0 Å². The van der Waals surface area contributed by atoms with Crippen molar-refractivity contribution < 1.29 is 8.78 Å². The quantitative estimate of drug-likeness (QED) is 0.824. The van der Waals surface area contributed by atoms with Crippen molar-refractivity contribution in [2.45, 2.75) is 6.04 Å². The molecule has 1 aromatic heterocycles. The van der Waals surface area contributed by atoms with Crippen LogP contribution in [0.25, 0.3) is 0 Å². The van der Waals surface area contributed by atoms with Crippen molar-refractivity contribution in [2.24, 2.45) is 0 Å². The van der Waals surface area contributed by atoms with Crippen LogP contribution in [-0.2, 0) is 0 Å². The van der Waals surface area contributed by atoms with E-state index in [9.17, 15) is 8.78 Å². The van der Waals surface area contributed by atoms with Gasteiger partial charge in [-0.05, 0) is 23.6 Å². The maximum absolute atomic E-state index is 14.4. The number of piperazine rings is 1. The first-order chi connectivity index (χ1) is 10.2. The molecule has 0 saturated carbocycles. The summed E-state index contributed by atoms with van der Waals surface area (Å²) in [7, 11) is 0. The molecule has 2 aromatic rings. The Morgan fingerprint density at radius 3 is 2.55 bits per heavy atom. The summed E-state index contributed by atoms with van der Waals surface area (Å²) in [5.74, 6) is -1.21. The smallest absolute Gasteiger partial charge is 0.149 e. The van der Waals surface area contributed by atoms with Crippen LogP contribution >= 0.6 is 35.3 Å². The van der Waals surface area contributed by atoms with Crippen LogP contribution in [0.5, 0.6) is 0 Å². The number of thiophene rings is 1. The van der Waals surface area contributed by atoms with Crippen LogP contribution in [0.4, 0.5) is 8.78 Å². The summed E-state index contributed by atoms with van der Waals surface area (Å²) in [6.45, 7) is 3.11. The summed E-state index contributed by atoms with van der Waals surface area (Å²) in [6, 6.07) is 5.89. The van der Waals surface area contributed by atoms with Gasteiger partial charge in [-0.15, -0.1) is 23.7 Å². The van der Waals surface area contributed by atoms with Gasteiger partial charge in [0.15, 0.2) is 0 Å². The predicted molar refractivity (Wildman–Crippen MR) is 89.2 cm³/mol. The Hall–Kier alpha value is -0.720. The molecule has 1 fully saturated rings. The minimum absolute atomic E-state index is 0. The first-order valence-corrected chi connectivity index (χ1v) is 8.06. The van der Waals surface area contributed by atoms with E-state index in [1.54, 1.807) is 0 Å². The fourth-order valence-electron chi connectivity index (χ4n) is 2.69. The van der Waals surface area contributed by atoms with E-state index in [2.05, 4.69) is 10.2 Å². The molecule has 7 heteroatoms. The lowest BCUT2D eigenvalue weighted by molar-refractivity contribution is 0.194. The second-order valence-corrected chi connectivity index (χ2v) is 6.35. The molecule has 0 spiro atoms. The van der Waals surface area contributed by atoms with Gasteiger partial charge < -0.3 is 5.32 Å². The van der Waals surface area contributed by atoms with E-state index < -0.39 is 17.7 Å². The zero-order valence-corrected chi connectivity index (χ0v) is 14.1. The fourth-order valence-corrected chi connectivity index (χ4v) is 3.72. The fraction of sp³-hybridized carbons (Fsp3) is 0.333. The number of benzene rings is 1. The first kappa shape index (κ1) is 17.6. The molecule has 0 radical (unpaired) electrons. The van der Waals surface area contributed by atoms with Gasteiger partial charge in [-0.25, -0.2) is 8.78 Å². The molecule has 1 aliphatic rings. The highest BCUT2D eigenvalue weighted by molar-refractivity contribution is 7.10. The van der Waals surface area contributed by atoms with Gasteiger partial charge in [-0.3, -0.25) is 4.90 Å². The summed E-state index contributed by atoms with van der Waals surface area (Å²) < 4.78 is 28.7. The van der Waals surface area contributed by atoms with Crippen molar-refractivity contribution in [1.29, 1.82) is 0 Å². The van der Waals surface area contributed by atoms with Crippen molar-refractivity contribution in [3.05, 3.63) is 56.7 Å². The molecule has 1 aliphatic heterocycles. The van der Waals surface area contributed by atoms with Crippen LogP contribution in [0.15, 0.2) is 29.6 Å². The van der Waals surface area contributed by atoms with Crippen molar-refractivity contribution >= 4 is 35.3 Å². The zero-order chi connectivity index (χ0) is 14.8. The summed E-state index contributed by atoms with van der Waals surface area (Å²) in [5.41, 5.74) is 0.0480. The average molecular weight is 365 g/mol. The van der Waals surface area contributed by atoms with Crippen molar-refractivity contribution in [3.63, 3.8) is 0 Å². The molecule has 2 nitrogen and oxygen atoms in total. The Kier molecular flexibility index (Phi) is 6.17. The second kappa shape index (κ2) is 7.70. The molecule has 0 bridgehead atoms. The van der Waals surface area contributed by atoms with E-state index in [1.165, 1.54) is 23.5 Å². The zero-order valence-electron chi connectivity index (χ0n) is 11.7. The summed E-state index contributed by atoms with van der Waals surface area (Å²) in [5, 5.41) is 5.14. The molecular weight excluding hydrogens is 349 g/mol. The highest BCUT2D eigenvalue weighted by atomic mass is 35.5. The number of nitrogens with zero attached hydrogens (tertiary/aromatic N) is 1. The van der Waals surface area contributed by atoms with Gasteiger partial charge in [0, 0.05) is 36.6 Å². The molecule has 22 heavy (non-hydrogen) atoms. The highest BCUT2D eigenvalue weighted by Gasteiger charge is 2.30. The number of nitrogens with one attached hydrogen (secondary N) is 1. The van der Waals surface area contributed by atoms with E-state index >= 15 is 0 Å². The minimum Gasteiger partial charge on any atom is -0.314 e. The number of hydrogen-bond acceptors (Lipinski definition) is 3. The van der Waals surface area contributed by atoms with Crippen LogP contribution in [-0.4, -0.2) is 31.1 Å². The Morgan fingerprint density at radius 2 is 1.91 bits per heavy atom. The molecular formula is C15H16Cl2F2N2S. The number of hydrogen-bond donors (Lipinski definition) is 1. The third-order valence-corrected chi connectivity index (χ3v) is 4.90. The highest BCUT2D eigenvalue weighted by Crippen LogP contribution is 2.36. The topological polar surface area (TPSA) is 15.3 Å². The van der Waals surface area contributed by atoms with Gasteiger partial charge in [-0.1, -0.05) is 17.7 Å². The van der Waals surface area contributed by atoms with Gasteiger partial charge in [0.2, 0.25) is 0 Å². The molecule has 0 aliphatic carbocycles. The van der Waals surface area contributed by atoms with Gasteiger partial charge in [-0.2, -0.15) is 0 Å². The summed E-state index contributed by atoms with van der Waals surface area (Å²) in [4.78, 5) is 3.03. The number of halogens is 4. The van der Waals surface area contributed by atoms with Crippen LogP contribution < -0.4 is 5.32 Å². The molecule has 1 aromatic carbocycles. The third kappa shape index (κ3) is 3.44. The van der Waals surface area contributed by atoms with E-state index in [0.29, 0.717) is 0 Å².